The van der Waals surface area contributed by atoms with Crippen LogP contribution in [0.1, 0.15) is 19.3 Å². The normalized spacial score (nSPS) is 30.2. The molecule has 4 nitrogen and oxygen atoms in total. The maximum absolute atomic E-state index is 5.83. The van der Waals surface area contributed by atoms with Crippen LogP contribution in [0, 0.1) is 0 Å². The Morgan fingerprint density at radius 3 is 2.93 bits per heavy atom. The van der Waals surface area contributed by atoms with Gasteiger partial charge in [-0.15, -0.1) is 0 Å². The second-order valence-corrected chi connectivity index (χ2v) is 4.21. The van der Waals surface area contributed by atoms with Crippen molar-refractivity contribution >= 4 is 5.96 Å². The summed E-state index contributed by atoms with van der Waals surface area (Å²) in [7, 11) is 1.77. The first-order valence-corrected chi connectivity index (χ1v) is 5.52. The summed E-state index contributed by atoms with van der Waals surface area (Å²) in [6.07, 6.45) is 4.07. The molecule has 0 spiro atoms. The molecule has 0 aromatic rings. The lowest BCUT2D eigenvalue weighted by Crippen LogP contribution is -2.57. The predicted molar refractivity (Wildman–Crippen MR) is 58.3 cm³/mol. The van der Waals surface area contributed by atoms with Crippen molar-refractivity contribution in [3.8, 4) is 0 Å². The third kappa shape index (κ3) is 1.85. The number of piperidine rings is 1. The number of fused-ring (bicyclic) bond motifs is 1. The lowest BCUT2D eigenvalue weighted by atomic mass is 10.00. The third-order valence-electron chi connectivity index (χ3n) is 3.39. The van der Waals surface area contributed by atoms with Gasteiger partial charge in [0.15, 0.2) is 5.96 Å². The summed E-state index contributed by atoms with van der Waals surface area (Å²) in [4.78, 5) is 8.87. The first kappa shape index (κ1) is 9.77. The largest absolute Gasteiger partial charge is 0.370 e. The van der Waals surface area contributed by atoms with Crippen LogP contribution in [0.3, 0.4) is 0 Å². The smallest absolute Gasteiger partial charge is 0.191 e. The van der Waals surface area contributed by atoms with E-state index in [2.05, 4.69) is 14.8 Å². The molecular weight excluding hydrogens is 176 g/mol. The van der Waals surface area contributed by atoms with E-state index in [1.165, 1.54) is 25.8 Å². The van der Waals surface area contributed by atoms with E-state index in [-0.39, 0.29) is 0 Å². The van der Waals surface area contributed by atoms with Gasteiger partial charge in [0.25, 0.3) is 0 Å². The second kappa shape index (κ2) is 4.17. The predicted octanol–water partition coefficient (Wildman–Crippen LogP) is 0.101. The zero-order chi connectivity index (χ0) is 9.97. The van der Waals surface area contributed by atoms with Crippen LogP contribution >= 0.6 is 0 Å². The van der Waals surface area contributed by atoms with Gasteiger partial charge in [-0.2, -0.15) is 0 Å². The average molecular weight is 196 g/mol. The van der Waals surface area contributed by atoms with Crippen LogP contribution in [0.5, 0.6) is 0 Å². The molecule has 0 bridgehead atoms. The average Bonchev–Trinajstić information content (AvgIpc) is 2.27. The minimum Gasteiger partial charge on any atom is -0.370 e. The van der Waals surface area contributed by atoms with Gasteiger partial charge < -0.3 is 10.6 Å². The fourth-order valence-corrected chi connectivity index (χ4v) is 2.51. The SMILES string of the molecule is CN=C(N)N1CCN2CCCCC2C1. The van der Waals surface area contributed by atoms with Crippen LogP contribution in [0.2, 0.25) is 0 Å². The van der Waals surface area contributed by atoms with E-state index in [9.17, 15) is 0 Å². The molecule has 2 aliphatic rings. The fourth-order valence-electron chi connectivity index (χ4n) is 2.51. The van der Waals surface area contributed by atoms with Crippen molar-refractivity contribution in [2.45, 2.75) is 25.3 Å². The van der Waals surface area contributed by atoms with Gasteiger partial charge in [0.05, 0.1) is 0 Å². The van der Waals surface area contributed by atoms with Gasteiger partial charge in [-0.05, 0) is 19.4 Å². The highest BCUT2D eigenvalue weighted by Crippen LogP contribution is 2.20. The number of hydrogen-bond donors (Lipinski definition) is 1. The van der Waals surface area contributed by atoms with E-state index in [0.717, 1.165) is 25.7 Å². The first-order valence-electron chi connectivity index (χ1n) is 5.52. The van der Waals surface area contributed by atoms with E-state index in [4.69, 9.17) is 5.73 Å². The summed E-state index contributed by atoms with van der Waals surface area (Å²) in [5, 5.41) is 0. The van der Waals surface area contributed by atoms with Gasteiger partial charge in [0.1, 0.15) is 0 Å². The number of hydrogen-bond acceptors (Lipinski definition) is 2. The lowest BCUT2D eigenvalue weighted by molar-refractivity contribution is 0.0797. The first-order chi connectivity index (χ1) is 6.81. The molecule has 2 fully saturated rings. The number of nitrogens with two attached hydrogens (primary N) is 1. The van der Waals surface area contributed by atoms with E-state index in [1.807, 2.05) is 0 Å². The molecule has 2 aliphatic heterocycles. The molecule has 2 saturated heterocycles. The molecule has 1 atom stereocenters. The summed E-state index contributed by atoms with van der Waals surface area (Å²) >= 11 is 0. The van der Waals surface area contributed by atoms with Crippen molar-refractivity contribution < 1.29 is 0 Å². The molecule has 4 heteroatoms. The quantitative estimate of drug-likeness (QED) is 0.441. The Hall–Kier alpha value is -0.770. The summed E-state index contributed by atoms with van der Waals surface area (Å²) in [6, 6.07) is 0.720. The summed E-state index contributed by atoms with van der Waals surface area (Å²) in [5.74, 6) is 0.704. The van der Waals surface area contributed by atoms with Gasteiger partial charge in [0.2, 0.25) is 0 Å². The lowest BCUT2D eigenvalue weighted by Gasteiger charge is -2.44. The number of guanidine groups is 1. The van der Waals surface area contributed by atoms with E-state index < -0.39 is 0 Å². The molecule has 14 heavy (non-hydrogen) atoms. The third-order valence-corrected chi connectivity index (χ3v) is 3.39. The molecule has 0 saturated carbocycles. The second-order valence-electron chi connectivity index (χ2n) is 4.21. The monoisotopic (exact) mass is 196 g/mol. The van der Waals surface area contributed by atoms with Crippen molar-refractivity contribution in [3.05, 3.63) is 0 Å². The van der Waals surface area contributed by atoms with Crippen LogP contribution in [-0.4, -0.2) is 55.0 Å². The van der Waals surface area contributed by atoms with Gasteiger partial charge >= 0.3 is 0 Å². The van der Waals surface area contributed by atoms with Crippen LogP contribution < -0.4 is 5.73 Å². The van der Waals surface area contributed by atoms with Crippen molar-refractivity contribution in [1.82, 2.24) is 9.80 Å². The molecule has 80 valence electrons. The molecule has 2 rings (SSSR count). The Kier molecular flexibility index (Phi) is 2.91. The molecule has 0 radical (unpaired) electrons. The number of rotatable bonds is 0. The highest BCUT2D eigenvalue weighted by Gasteiger charge is 2.29. The van der Waals surface area contributed by atoms with Crippen LogP contribution in [0.15, 0.2) is 4.99 Å². The molecule has 1 unspecified atom stereocenters. The Balaban J connectivity index is 1.95. The van der Waals surface area contributed by atoms with Gasteiger partial charge in [-0.25, -0.2) is 0 Å². The summed E-state index contributed by atoms with van der Waals surface area (Å²) in [5.41, 5.74) is 5.83. The summed E-state index contributed by atoms with van der Waals surface area (Å²) in [6.45, 7) is 4.55. The topological polar surface area (TPSA) is 44.9 Å². The van der Waals surface area contributed by atoms with Crippen LogP contribution in [-0.2, 0) is 0 Å². The standard InChI is InChI=1S/C10H20N4/c1-12-10(11)14-7-6-13-5-3-2-4-9(13)8-14/h9H,2-8H2,1H3,(H2,11,12). The maximum Gasteiger partial charge on any atom is 0.191 e. The van der Waals surface area contributed by atoms with Crippen LogP contribution in [0.25, 0.3) is 0 Å². The highest BCUT2D eigenvalue weighted by atomic mass is 15.3. The molecular formula is C10H20N4. The van der Waals surface area contributed by atoms with Crippen molar-refractivity contribution in [1.29, 1.82) is 0 Å². The minimum atomic E-state index is 0.704. The van der Waals surface area contributed by atoms with Crippen molar-refractivity contribution in [2.75, 3.05) is 33.2 Å². The van der Waals surface area contributed by atoms with Gasteiger partial charge in [-0.3, -0.25) is 9.89 Å². The van der Waals surface area contributed by atoms with E-state index in [1.54, 1.807) is 7.05 Å². The Labute approximate surface area is 85.8 Å². The summed E-state index contributed by atoms with van der Waals surface area (Å²) < 4.78 is 0. The fraction of sp³-hybridized carbons (Fsp3) is 0.900. The Morgan fingerprint density at radius 2 is 2.14 bits per heavy atom. The maximum atomic E-state index is 5.83. The van der Waals surface area contributed by atoms with Crippen molar-refractivity contribution in [3.63, 3.8) is 0 Å². The van der Waals surface area contributed by atoms with E-state index in [0.29, 0.717) is 5.96 Å². The molecule has 2 N–H and O–H groups in total. The molecule has 0 aromatic heterocycles. The zero-order valence-electron chi connectivity index (χ0n) is 8.95. The van der Waals surface area contributed by atoms with E-state index >= 15 is 0 Å². The van der Waals surface area contributed by atoms with Crippen LogP contribution in [0.4, 0.5) is 0 Å². The number of aliphatic imine (C=N–C) groups is 1. The minimum absolute atomic E-state index is 0.704. The zero-order valence-corrected chi connectivity index (χ0v) is 8.95. The molecule has 2 heterocycles. The van der Waals surface area contributed by atoms with Gasteiger partial charge in [0, 0.05) is 32.7 Å². The number of piperazine rings is 1. The molecule has 0 aromatic carbocycles. The number of nitrogens with zero attached hydrogens (tertiary/aromatic N) is 3. The Morgan fingerprint density at radius 1 is 1.29 bits per heavy atom. The molecule has 0 aliphatic carbocycles. The highest BCUT2D eigenvalue weighted by molar-refractivity contribution is 5.78. The Bertz CT molecular complexity index is 226. The molecule has 0 amide bonds. The van der Waals surface area contributed by atoms with Crippen molar-refractivity contribution in [2.24, 2.45) is 10.7 Å². The van der Waals surface area contributed by atoms with Gasteiger partial charge in [-0.1, -0.05) is 6.42 Å².